The van der Waals surface area contributed by atoms with Crippen molar-refractivity contribution >= 4 is 22.4 Å². The van der Waals surface area contributed by atoms with E-state index in [4.69, 9.17) is 9.47 Å². The number of ether oxygens (including phenoxy) is 2. The van der Waals surface area contributed by atoms with Crippen LogP contribution in [0.5, 0.6) is 5.75 Å². The Kier molecular flexibility index (Phi) is 4.80. The van der Waals surface area contributed by atoms with E-state index < -0.39 is 5.97 Å². The van der Waals surface area contributed by atoms with Gasteiger partial charge in [-0.25, -0.2) is 9.78 Å². The topological polar surface area (TPSA) is 51.7 Å². The maximum absolute atomic E-state index is 11.6. The van der Waals surface area contributed by atoms with Crippen LogP contribution in [0.15, 0.2) is 24.3 Å². The fourth-order valence-corrected chi connectivity index (χ4v) is 2.80. The van der Waals surface area contributed by atoms with Crippen molar-refractivity contribution < 1.29 is 14.3 Å². The number of anilines is 1. The molecule has 21 heavy (non-hydrogen) atoms. The van der Waals surface area contributed by atoms with Crippen molar-refractivity contribution in [3.63, 3.8) is 0 Å². The van der Waals surface area contributed by atoms with Crippen LogP contribution in [0.1, 0.15) is 20.9 Å². The average Bonchev–Trinajstić information content (AvgIpc) is 2.88. The van der Waals surface area contributed by atoms with Crippen molar-refractivity contribution in [3.05, 3.63) is 40.4 Å². The second-order valence-electron chi connectivity index (χ2n) is 4.60. The van der Waals surface area contributed by atoms with Crippen molar-refractivity contribution in [2.45, 2.75) is 13.5 Å². The summed E-state index contributed by atoms with van der Waals surface area (Å²) in [6, 6.07) is 7.88. The van der Waals surface area contributed by atoms with Crippen LogP contribution in [0.25, 0.3) is 0 Å². The summed E-state index contributed by atoms with van der Waals surface area (Å²) >= 11 is 1.48. The fourth-order valence-electron chi connectivity index (χ4n) is 1.94. The predicted octanol–water partition coefficient (Wildman–Crippen LogP) is 2.88. The van der Waals surface area contributed by atoms with E-state index in [1.165, 1.54) is 18.4 Å². The van der Waals surface area contributed by atoms with Crippen LogP contribution in [0.2, 0.25) is 0 Å². The van der Waals surface area contributed by atoms with E-state index in [9.17, 15) is 4.79 Å². The lowest BCUT2D eigenvalue weighted by atomic mass is 10.2. The molecule has 1 aromatic heterocycles. The van der Waals surface area contributed by atoms with Gasteiger partial charge in [-0.3, -0.25) is 0 Å². The molecule has 0 aliphatic carbocycles. The molecule has 0 atom stereocenters. The molecule has 0 fully saturated rings. The number of thiazole rings is 1. The zero-order valence-corrected chi connectivity index (χ0v) is 13.4. The van der Waals surface area contributed by atoms with Gasteiger partial charge in [0.15, 0.2) is 10.8 Å². The molecule has 0 saturated carbocycles. The molecule has 0 amide bonds. The highest BCUT2D eigenvalue weighted by Crippen LogP contribution is 2.26. The second-order valence-corrected chi connectivity index (χ2v) is 5.78. The Bertz CT molecular complexity index is 640. The molecule has 6 heteroatoms. The quantitative estimate of drug-likeness (QED) is 0.795. The molecule has 0 aliphatic rings. The van der Waals surface area contributed by atoms with Crippen molar-refractivity contribution in [2.24, 2.45) is 0 Å². The SMILES string of the molecule is COC(=O)c1nc(N(C)Cc2cccc(OC)c2)sc1C. The van der Waals surface area contributed by atoms with Gasteiger partial charge in [0.2, 0.25) is 0 Å². The number of hydrogen-bond acceptors (Lipinski definition) is 6. The Morgan fingerprint density at radius 1 is 1.38 bits per heavy atom. The van der Waals surface area contributed by atoms with Crippen LogP contribution in [-0.4, -0.2) is 32.2 Å². The highest BCUT2D eigenvalue weighted by Gasteiger charge is 2.17. The Morgan fingerprint density at radius 2 is 2.14 bits per heavy atom. The van der Waals surface area contributed by atoms with E-state index in [1.54, 1.807) is 7.11 Å². The number of methoxy groups -OCH3 is 2. The lowest BCUT2D eigenvalue weighted by Gasteiger charge is -2.16. The summed E-state index contributed by atoms with van der Waals surface area (Å²) in [4.78, 5) is 18.8. The molecule has 0 N–H and O–H groups in total. The minimum atomic E-state index is -0.398. The van der Waals surface area contributed by atoms with E-state index >= 15 is 0 Å². The van der Waals surface area contributed by atoms with Crippen LogP contribution < -0.4 is 9.64 Å². The minimum Gasteiger partial charge on any atom is -0.497 e. The van der Waals surface area contributed by atoms with Crippen LogP contribution in [0.4, 0.5) is 5.13 Å². The molecule has 0 radical (unpaired) electrons. The number of carbonyl (C=O) groups is 1. The number of nitrogens with zero attached hydrogens (tertiary/aromatic N) is 2. The Balaban J connectivity index is 2.16. The summed E-state index contributed by atoms with van der Waals surface area (Å²) in [6.07, 6.45) is 0. The number of hydrogen-bond donors (Lipinski definition) is 0. The number of rotatable bonds is 5. The van der Waals surface area contributed by atoms with Gasteiger partial charge in [-0.05, 0) is 24.6 Å². The summed E-state index contributed by atoms with van der Waals surface area (Å²) in [5, 5.41) is 0.788. The Hall–Kier alpha value is -2.08. The zero-order valence-electron chi connectivity index (χ0n) is 12.5. The summed E-state index contributed by atoms with van der Waals surface area (Å²) in [5.74, 6) is 0.427. The highest BCUT2D eigenvalue weighted by atomic mass is 32.1. The van der Waals surface area contributed by atoms with Gasteiger partial charge in [-0.2, -0.15) is 0 Å². The van der Waals surface area contributed by atoms with Crippen molar-refractivity contribution in [1.29, 1.82) is 0 Å². The molecule has 0 spiro atoms. The largest absolute Gasteiger partial charge is 0.497 e. The van der Waals surface area contributed by atoms with Gasteiger partial charge in [0.05, 0.1) is 14.2 Å². The van der Waals surface area contributed by atoms with Crippen LogP contribution in [0, 0.1) is 6.92 Å². The van der Waals surface area contributed by atoms with Crippen LogP contribution in [-0.2, 0) is 11.3 Å². The van der Waals surface area contributed by atoms with Crippen molar-refractivity contribution in [2.75, 3.05) is 26.2 Å². The molecule has 0 unspecified atom stereocenters. The standard InChI is InChI=1S/C15H18N2O3S/c1-10-13(14(18)20-4)16-15(21-10)17(2)9-11-6-5-7-12(8-11)19-3/h5-8H,9H2,1-4H3. The summed E-state index contributed by atoms with van der Waals surface area (Å²) < 4.78 is 9.95. The van der Waals surface area contributed by atoms with Gasteiger partial charge in [-0.1, -0.05) is 12.1 Å². The average molecular weight is 306 g/mol. The van der Waals surface area contributed by atoms with E-state index in [-0.39, 0.29) is 0 Å². The first-order valence-corrected chi connectivity index (χ1v) is 7.26. The number of aryl methyl sites for hydroxylation is 1. The van der Waals surface area contributed by atoms with Gasteiger partial charge in [0, 0.05) is 18.5 Å². The van der Waals surface area contributed by atoms with Crippen molar-refractivity contribution in [3.8, 4) is 5.75 Å². The van der Waals surface area contributed by atoms with E-state index in [2.05, 4.69) is 4.98 Å². The van der Waals surface area contributed by atoms with Crippen LogP contribution >= 0.6 is 11.3 Å². The predicted molar refractivity (Wildman–Crippen MR) is 83.3 cm³/mol. The molecule has 112 valence electrons. The van der Waals surface area contributed by atoms with Gasteiger partial charge in [-0.15, -0.1) is 11.3 Å². The molecular weight excluding hydrogens is 288 g/mol. The van der Waals surface area contributed by atoms with E-state index in [0.717, 1.165) is 21.3 Å². The fraction of sp³-hybridized carbons (Fsp3) is 0.333. The van der Waals surface area contributed by atoms with E-state index in [0.29, 0.717) is 12.2 Å². The molecule has 0 bridgehead atoms. The Labute approximate surface area is 128 Å². The first-order valence-electron chi connectivity index (χ1n) is 6.45. The zero-order chi connectivity index (χ0) is 15.4. The van der Waals surface area contributed by atoms with Gasteiger partial charge < -0.3 is 14.4 Å². The number of benzene rings is 1. The number of carbonyl (C=O) groups excluding carboxylic acids is 1. The molecule has 2 rings (SSSR count). The van der Waals surface area contributed by atoms with Crippen molar-refractivity contribution in [1.82, 2.24) is 4.98 Å². The first-order chi connectivity index (χ1) is 10.0. The third-order valence-corrected chi connectivity index (χ3v) is 4.13. The van der Waals surface area contributed by atoms with Gasteiger partial charge in [0.1, 0.15) is 5.75 Å². The van der Waals surface area contributed by atoms with E-state index in [1.807, 2.05) is 43.1 Å². The molecule has 0 aliphatic heterocycles. The molecular formula is C15H18N2O3S. The third-order valence-electron chi connectivity index (χ3n) is 3.04. The highest BCUT2D eigenvalue weighted by molar-refractivity contribution is 7.15. The first kappa shape index (κ1) is 15.3. The second kappa shape index (κ2) is 6.58. The molecule has 5 nitrogen and oxygen atoms in total. The maximum atomic E-state index is 11.6. The maximum Gasteiger partial charge on any atom is 0.357 e. The Morgan fingerprint density at radius 3 is 2.81 bits per heavy atom. The van der Waals surface area contributed by atoms with Gasteiger partial charge in [0.25, 0.3) is 0 Å². The van der Waals surface area contributed by atoms with Crippen LogP contribution in [0.3, 0.4) is 0 Å². The molecule has 1 aromatic carbocycles. The monoisotopic (exact) mass is 306 g/mol. The molecule has 0 saturated heterocycles. The summed E-state index contributed by atoms with van der Waals surface area (Å²) in [7, 11) is 4.95. The normalized spacial score (nSPS) is 10.3. The summed E-state index contributed by atoms with van der Waals surface area (Å²) in [6.45, 7) is 2.55. The summed E-state index contributed by atoms with van der Waals surface area (Å²) in [5.41, 5.74) is 1.50. The molecule has 1 heterocycles. The smallest absolute Gasteiger partial charge is 0.357 e. The van der Waals surface area contributed by atoms with Gasteiger partial charge >= 0.3 is 5.97 Å². The number of aromatic nitrogens is 1. The minimum absolute atomic E-state index is 0.384. The number of esters is 1. The lowest BCUT2D eigenvalue weighted by molar-refractivity contribution is 0.0594. The molecule has 2 aromatic rings. The third kappa shape index (κ3) is 3.52. The lowest BCUT2D eigenvalue weighted by Crippen LogP contribution is -2.16.